The van der Waals surface area contributed by atoms with Crippen molar-refractivity contribution in [1.29, 1.82) is 0 Å². The highest BCUT2D eigenvalue weighted by Gasteiger charge is 2.35. The van der Waals surface area contributed by atoms with Crippen LogP contribution in [0.4, 0.5) is 5.00 Å². The van der Waals surface area contributed by atoms with Gasteiger partial charge in [-0.1, -0.05) is 42.5 Å². The van der Waals surface area contributed by atoms with Crippen molar-refractivity contribution in [3.63, 3.8) is 0 Å². The van der Waals surface area contributed by atoms with Crippen LogP contribution in [0.2, 0.25) is 0 Å². The summed E-state index contributed by atoms with van der Waals surface area (Å²) < 4.78 is 0. The summed E-state index contributed by atoms with van der Waals surface area (Å²) in [5, 5.41) is 17.6. The number of carbonyl (C=O) groups excluding carboxylic acids is 2. The van der Waals surface area contributed by atoms with Crippen LogP contribution in [0.5, 0.6) is 0 Å². The van der Waals surface area contributed by atoms with Gasteiger partial charge in [0.25, 0.3) is 5.91 Å². The van der Waals surface area contributed by atoms with Gasteiger partial charge < -0.3 is 15.7 Å². The molecular formula is C22H22N2O4S. The van der Waals surface area contributed by atoms with Crippen LogP contribution in [0.25, 0.3) is 11.1 Å². The van der Waals surface area contributed by atoms with Gasteiger partial charge in [0.2, 0.25) is 5.91 Å². The van der Waals surface area contributed by atoms with Gasteiger partial charge in [0, 0.05) is 17.0 Å². The predicted octanol–water partition coefficient (Wildman–Crippen LogP) is 3.91. The summed E-state index contributed by atoms with van der Waals surface area (Å²) in [6.07, 6.45) is 6.29. The second-order valence-corrected chi connectivity index (χ2v) is 8.33. The van der Waals surface area contributed by atoms with E-state index in [1.807, 2.05) is 41.8 Å². The standard InChI is InChI=1S/C22H22N2O4S/c25-19(15-8-4-5-9-16(15)22(27)28)24-21-18(20(26)23-14-10-11-14)17(12-29-21)13-6-2-1-3-7-13/h1-7,12,14-16H,8-11H2,(H,23,26)(H,24,25)(H,27,28). The third kappa shape index (κ3) is 4.24. The Morgan fingerprint density at radius 2 is 1.69 bits per heavy atom. The average Bonchev–Trinajstić information content (AvgIpc) is 3.45. The fourth-order valence-corrected chi connectivity index (χ4v) is 4.54. The first-order valence-corrected chi connectivity index (χ1v) is 10.6. The lowest BCUT2D eigenvalue weighted by Crippen LogP contribution is -2.35. The summed E-state index contributed by atoms with van der Waals surface area (Å²) in [6.45, 7) is 0. The molecule has 4 rings (SSSR count). The monoisotopic (exact) mass is 410 g/mol. The molecule has 1 aromatic heterocycles. The zero-order chi connectivity index (χ0) is 20.4. The van der Waals surface area contributed by atoms with Crippen LogP contribution in [0, 0.1) is 11.8 Å². The number of carboxylic acid groups (broad SMARTS) is 1. The van der Waals surface area contributed by atoms with Crippen molar-refractivity contribution in [2.45, 2.75) is 31.7 Å². The number of nitrogens with one attached hydrogen (secondary N) is 2. The van der Waals surface area contributed by atoms with Gasteiger partial charge in [0.15, 0.2) is 0 Å². The Kier molecular flexibility index (Phi) is 5.49. The molecule has 0 bridgehead atoms. The molecule has 150 valence electrons. The number of carboxylic acids is 1. The molecule has 1 fully saturated rings. The Labute approximate surface area is 172 Å². The number of anilines is 1. The van der Waals surface area contributed by atoms with E-state index in [4.69, 9.17) is 0 Å². The van der Waals surface area contributed by atoms with E-state index in [2.05, 4.69) is 10.6 Å². The number of carbonyl (C=O) groups is 3. The maximum atomic E-state index is 12.9. The first-order valence-electron chi connectivity index (χ1n) is 9.71. The van der Waals surface area contributed by atoms with E-state index in [0.29, 0.717) is 23.4 Å². The van der Waals surface area contributed by atoms with E-state index in [1.54, 1.807) is 6.08 Å². The summed E-state index contributed by atoms with van der Waals surface area (Å²) in [4.78, 5) is 37.4. The number of rotatable bonds is 6. The van der Waals surface area contributed by atoms with E-state index < -0.39 is 17.8 Å². The summed E-state index contributed by atoms with van der Waals surface area (Å²) >= 11 is 1.29. The van der Waals surface area contributed by atoms with Gasteiger partial charge >= 0.3 is 5.97 Å². The molecule has 0 aliphatic heterocycles. The SMILES string of the molecule is O=C(NC1CC1)c1c(-c2ccccc2)csc1NC(=O)C1CC=CCC1C(=O)O. The fourth-order valence-electron chi connectivity index (χ4n) is 3.57. The third-order valence-electron chi connectivity index (χ3n) is 5.34. The van der Waals surface area contributed by atoms with Gasteiger partial charge in [-0.05, 0) is 31.2 Å². The molecular weight excluding hydrogens is 388 g/mol. The van der Waals surface area contributed by atoms with Gasteiger partial charge in [-0.2, -0.15) is 0 Å². The van der Waals surface area contributed by atoms with Gasteiger partial charge in [0.1, 0.15) is 5.00 Å². The summed E-state index contributed by atoms with van der Waals surface area (Å²) in [7, 11) is 0. The van der Waals surface area contributed by atoms with Crippen molar-refractivity contribution in [1.82, 2.24) is 5.32 Å². The van der Waals surface area contributed by atoms with Crippen molar-refractivity contribution < 1.29 is 19.5 Å². The van der Waals surface area contributed by atoms with Crippen LogP contribution in [0.1, 0.15) is 36.0 Å². The third-order valence-corrected chi connectivity index (χ3v) is 6.23. The van der Waals surface area contributed by atoms with Crippen molar-refractivity contribution in [2.24, 2.45) is 11.8 Å². The Morgan fingerprint density at radius 1 is 1.00 bits per heavy atom. The minimum atomic E-state index is -0.975. The molecule has 2 aliphatic carbocycles. The van der Waals surface area contributed by atoms with Crippen molar-refractivity contribution in [3.05, 3.63) is 53.4 Å². The predicted molar refractivity (Wildman–Crippen MR) is 112 cm³/mol. The molecule has 2 atom stereocenters. The average molecular weight is 410 g/mol. The molecule has 1 heterocycles. The maximum absolute atomic E-state index is 12.9. The zero-order valence-electron chi connectivity index (χ0n) is 15.8. The normalized spacial score (nSPS) is 20.8. The van der Waals surface area contributed by atoms with Crippen LogP contribution >= 0.6 is 11.3 Å². The van der Waals surface area contributed by atoms with E-state index in [-0.39, 0.29) is 17.9 Å². The molecule has 0 radical (unpaired) electrons. The van der Waals surface area contributed by atoms with Gasteiger partial charge in [-0.15, -0.1) is 11.3 Å². The number of aliphatic carboxylic acids is 1. The number of thiophene rings is 1. The molecule has 2 aliphatic rings. The molecule has 7 heteroatoms. The Balaban J connectivity index is 1.63. The minimum Gasteiger partial charge on any atom is -0.481 e. The smallest absolute Gasteiger partial charge is 0.307 e. The molecule has 29 heavy (non-hydrogen) atoms. The number of hydrogen-bond acceptors (Lipinski definition) is 4. The van der Waals surface area contributed by atoms with Crippen LogP contribution in [0.3, 0.4) is 0 Å². The van der Waals surface area contributed by atoms with E-state index >= 15 is 0 Å². The molecule has 2 unspecified atom stereocenters. The first kappa shape index (κ1) is 19.4. The fraction of sp³-hybridized carbons (Fsp3) is 0.318. The number of benzene rings is 1. The molecule has 2 amide bonds. The van der Waals surface area contributed by atoms with Crippen molar-refractivity contribution in [3.8, 4) is 11.1 Å². The lowest BCUT2D eigenvalue weighted by Gasteiger charge is -2.24. The molecule has 0 spiro atoms. The van der Waals surface area contributed by atoms with Crippen LogP contribution in [-0.2, 0) is 9.59 Å². The van der Waals surface area contributed by atoms with Crippen molar-refractivity contribution >= 4 is 34.1 Å². The first-order chi connectivity index (χ1) is 14.0. The van der Waals surface area contributed by atoms with Gasteiger partial charge in [-0.3, -0.25) is 14.4 Å². The largest absolute Gasteiger partial charge is 0.481 e. The quantitative estimate of drug-likeness (QED) is 0.629. The summed E-state index contributed by atoms with van der Waals surface area (Å²) in [5.41, 5.74) is 2.11. The number of allylic oxidation sites excluding steroid dienone is 2. The molecule has 0 saturated heterocycles. The van der Waals surface area contributed by atoms with Crippen LogP contribution < -0.4 is 10.6 Å². The lowest BCUT2D eigenvalue weighted by atomic mass is 9.82. The van der Waals surface area contributed by atoms with Crippen molar-refractivity contribution in [2.75, 3.05) is 5.32 Å². The highest BCUT2D eigenvalue weighted by atomic mass is 32.1. The Hall–Kier alpha value is -2.93. The highest BCUT2D eigenvalue weighted by molar-refractivity contribution is 7.15. The zero-order valence-corrected chi connectivity index (χ0v) is 16.6. The van der Waals surface area contributed by atoms with E-state index in [9.17, 15) is 19.5 Å². The lowest BCUT2D eigenvalue weighted by molar-refractivity contribution is -0.146. The molecule has 3 N–H and O–H groups in total. The summed E-state index contributed by atoms with van der Waals surface area (Å²) in [6, 6.07) is 9.75. The van der Waals surface area contributed by atoms with E-state index in [0.717, 1.165) is 24.0 Å². The van der Waals surface area contributed by atoms with E-state index in [1.165, 1.54) is 11.3 Å². The maximum Gasteiger partial charge on any atom is 0.307 e. The second-order valence-electron chi connectivity index (χ2n) is 7.45. The molecule has 1 saturated carbocycles. The van der Waals surface area contributed by atoms with Gasteiger partial charge in [0.05, 0.1) is 17.4 Å². The van der Waals surface area contributed by atoms with Crippen LogP contribution in [0.15, 0.2) is 47.9 Å². The Bertz CT molecular complexity index is 962. The number of amides is 2. The second kappa shape index (κ2) is 8.21. The molecule has 6 nitrogen and oxygen atoms in total. The van der Waals surface area contributed by atoms with Gasteiger partial charge in [-0.25, -0.2) is 0 Å². The summed E-state index contributed by atoms with van der Waals surface area (Å²) in [5.74, 6) is -2.95. The molecule has 2 aromatic rings. The topological polar surface area (TPSA) is 95.5 Å². The molecule has 1 aromatic carbocycles. The highest BCUT2D eigenvalue weighted by Crippen LogP contribution is 2.37. The number of hydrogen-bond donors (Lipinski definition) is 3. The minimum absolute atomic E-state index is 0.189. The van der Waals surface area contributed by atoms with Crippen LogP contribution in [-0.4, -0.2) is 28.9 Å². The Morgan fingerprint density at radius 3 is 2.34 bits per heavy atom.